The van der Waals surface area contributed by atoms with Gasteiger partial charge in [-0.05, 0) is 68.9 Å². The van der Waals surface area contributed by atoms with Gasteiger partial charge in [0.2, 0.25) is 10.0 Å². The van der Waals surface area contributed by atoms with Crippen LogP contribution in [0.2, 0.25) is 0 Å². The van der Waals surface area contributed by atoms with Crippen LogP contribution in [0.4, 0.5) is 10.5 Å². The Balaban J connectivity index is 2.32. The number of sulfonamides is 1. The molecule has 2 aromatic rings. The molecule has 0 radical (unpaired) electrons. The SMILES string of the molecule is CCS(=O)(=O)Nc1cc(CN(CC(O)C(N)Cc2ccccc2)C(=O)OC(C)(C)C)cc(C(C)C)c1. The van der Waals surface area contributed by atoms with Crippen LogP contribution in [-0.2, 0) is 27.7 Å². The fraction of sp³-hybridized carbons (Fsp3) is 0.519. The van der Waals surface area contributed by atoms with E-state index in [0.29, 0.717) is 17.7 Å². The van der Waals surface area contributed by atoms with Crippen LogP contribution in [0, 0.1) is 0 Å². The summed E-state index contributed by atoms with van der Waals surface area (Å²) < 4.78 is 32.6. The third-order valence-electron chi connectivity index (χ3n) is 5.58. The van der Waals surface area contributed by atoms with Crippen molar-refractivity contribution in [2.75, 3.05) is 17.0 Å². The fourth-order valence-electron chi connectivity index (χ4n) is 3.59. The molecule has 0 aliphatic carbocycles. The molecule has 9 heteroatoms. The summed E-state index contributed by atoms with van der Waals surface area (Å²) in [5.74, 6) is 0.0822. The van der Waals surface area contributed by atoms with Crippen LogP contribution in [0.5, 0.6) is 0 Å². The first-order valence-electron chi connectivity index (χ1n) is 12.3. The van der Waals surface area contributed by atoms with Crippen LogP contribution < -0.4 is 10.5 Å². The van der Waals surface area contributed by atoms with Gasteiger partial charge in [-0.1, -0.05) is 50.2 Å². The van der Waals surface area contributed by atoms with Gasteiger partial charge in [0.25, 0.3) is 0 Å². The Bertz CT molecular complexity index is 1100. The van der Waals surface area contributed by atoms with Crippen molar-refractivity contribution in [3.8, 4) is 0 Å². The summed E-state index contributed by atoms with van der Waals surface area (Å²) in [4.78, 5) is 14.5. The number of nitrogens with two attached hydrogens (primary N) is 1. The number of anilines is 1. The van der Waals surface area contributed by atoms with E-state index in [1.165, 1.54) is 4.90 Å². The van der Waals surface area contributed by atoms with Crippen LogP contribution in [0.15, 0.2) is 48.5 Å². The normalized spacial score (nSPS) is 13.8. The average molecular weight is 520 g/mol. The van der Waals surface area contributed by atoms with E-state index in [-0.39, 0.29) is 24.8 Å². The molecule has 0 saturated carbocycles. The zero-order valence-electron chi connectivity index (χ0n) is 22.2. The van der Waals surface area contributed by atoms with Crippen molar-refractivity contribution in [3.05, 3.63) is 65.2 Å². The number of nitrogens with zero attached hydrogens (tertiary/aromatic N) is 1. The molecule has 0 saturated heterocycles. The zero-order chi connectivity index (χ0) is 27.1. The molecular weight excluding hydrogens is 478 g/mol. The number of benzene rings is 2. The van der Waals surface area contributed by atoms with Gasteiger partial charge in [0.1, 0.15) is 5.60 Å². The van der Waals surface area contributed by atoms with Gasteiger partial charge in [0.15, 0.2) is 0 Å². The van der Waals surface area contributed by atoms with E-state index in [9.17, 15) is 18.3 Å². The van der Waals surface area contributed by atoms with Crippen molar-refractivity contribution in [2.24, 2.45) is 5.73 Å². The van der Waals surface area contributed by atoms with Crippen molar-refractivity contribution in [2.45, 2.75) is 78.2 Å². The monoisotopic (exact) mass is 519 g/mol. The van der Waals surface area contributed by atoms with E-state index in [1.807, 2.05) is 50.2 Å². The Morgan fingerprint density at radius 2 is 1.75 bits per heavy atom. The van der Waals surface area contributed by atoms with Crippen LogP contribution in [0.1, 0.15) is 64.2 Å². The van der Waals surface area contributed by atoms with Gasteiger partial charge in [-0.2, -0.15) is 0 Å². The number of aliphatic hydroxyl groups excluding tert-OH is 1. The van der Waals surface area contributed by atoms with E-state index in [4.69, 9.17) is 10.5 Å². The van der Waals surface area contributed by atoms with Crippen molar-refractivity contribution < 1.29 is 23.1 Å². The highest BCUT2D eigenvalue weighted by molar-refractivity contribution is 7.92. The van der Waals surface area contributed by atoms with Crippen LogP contribution in [0.25, 0.3) is 0 Å². The lowest BCUT2D eigenvalue weighted by Crippen LogP contribution is -2.47. The molecule has 0 aliphatic heterocycles. The summed E-state index contributed by atoms with van der Waals surface area (Å²) in [6.45, 7) is 11.0. The Kier molecular flexibility index (Phi) is 10.3. The lowest BCUT2D eigenvalue weighted by Gasteiger charge is -2.31. The number of hydrogen-bond acceptors (Lipinski definition) is 6. The number of carbonyl (C=O) groups is 1. The second-order valence-electron chi connectivity index (χ2n) is 10.4. The molecule has 4 N–H and O–H groups in total. The van der Waals surface area contributed by atoms with Gasteiger partial charge in [0, 0.05) is 18.3 Å². The van der Waals surface area contributed by atoms with Gasteiger partial charge in [-0.25, -0.2) is 13.2 Å². The van der Waals surface area contributed by atoms with E-state index in [2.05, 4.69) is 4.72 Å². The molecule has 1 amide bonds. The number of nitrogens with one attached hydrogen (secondary N) is 1. The number of rotatable bonds is 11. The van der Waals surface area contributed by atoms with Crippen molar-refractivity contribution in [1.29, 1.82) is 0 Å². The third kappa shape index (κ3) is 9.79. The highest BCUT2D eigenvalue weighted by Gasteiger charge is 2.27. The summed E-state index contributed by atoms with van der Waals surface area (Å²) in [5.41, 5.74) is 8.62. The van der Waals surface area contributed by atoms with E-state index < -0.39 is 33.9 Å². The van der Waals surface area contributed by atoms with Crippen molar-refractivity contribution >= 4 is 21.8 Å². The van der Waals surface area contributed by atoms with Gasteiger partial charge < -0.3 is 20.5 Å². The second-order valence-corrected chi connectivity index (χ2v) is 12.4. The maximum Gasteiger partial charge on any atom is 0.410 e. The lowest BCUT2D eigenvalue weighted by molar-refractivity contribution is 0.00995. The lowest BCUT2D eigenvalue weighted by atomic mass is 9.99. The maximum absolute atomic E-state index is 13.1. The van der Waals surface area contributed by atoms with E-state index in [1.54, 1.807) is 39.8 Å². The molecule has 2 aromatic carbocycles. The van der Waals surface area contributed by atoms with Crippen LogP contribution in [0.3, 0.4) is 0 Å². The molecule has 2 rings (SSSR count). The first-order valence-corrected chi connectivity index (χ1v) is 13.9. The van der Waals surface area contributed by atoms with Gasteiger partial charge >= 0.3 is 6.09 Å². The minimum absolute atomic E-state index is 0.0369. The number of carbonyl (C=O) groups excluding carboxylic acids is 1. The zero-order valence-corrected chi connectivity index (χ0v) is 23.0. The predicted octanol–water partition coefficient (Wildman–Crippen LogP) is 4.24. The van der Waals surface area contributed by atoms with Crippen molar-refractivity contribution in [1.82, 2.24) is 4.90 Å². The fourth-order valence-corrected chi connectivity index (χ4v) is 4.21. The number of aliphatic hydroxyl groups is 1. The topological polar surface area (TPSA) is 122 Å². The Morgan fingerprint density at radius 1 is 1.11 bits per heavy atom. The van der Waals surface area contributed by atoms with Gasteiger partial charge in [-0.3, -0.25) is 4.72 Å². The molecular formula is C27H41N3O5S. The van der Waals surface area contributed by atoms with E-state index in [0.717, 1.165) is 11.1 Å². The second kappa shape index (κ2) is 12.6. The Labute approximate surface area is 215 Å². The molecule has 8 nitrogen and oxygen atoms in total. The summed E-state index contributed by atoms with van der Waals surface area (Å²) in [7, 11) is -3.47. The average Bonchev–Trinajstić information content (AvgIpc) is 2.77. The first-order chi connectivity index (χ1) is 16.7. The Hall–Kier alpha value is -2.62. The summed E-state index contributed by atoms with van der Waals surface area (Å²) in [6.07, 6.45) is -1.13. The maximum atomic E-state index is 13.1. The smallest absolute Gasteiger partial charge is 0.410 e. The molecule has 0 bridgehead atoms. The molecule has 200 valence electrons. The highest BCUT2D eigenvalue weighted by Crippen LogP contribution is 2.24. The predicted molar refractivity (Wildman–Crippen MR) is 144 cm³/mol. The van der Waals surface area contributed by atoms with Gasteiger partial charge in [-0.15, -0.1) is 0 Å². The summed E-state index contributed by atoms with van der Waals surface area (Å²) >= 11 is 0. The quantitative estimate of drug-likeness (QED) is 0.408. The molecule has 0 aromatic heterocycles. The number of hydrogen-bond donors (Lipinski definition) is 3. The summed E-state index contributed by atoms with van der Waals surface area (Å²) in [5, 5.41) is 10.9. The third-order valence-corrected chi connectivity index (χ3v) is 6.88. The largest absolute Gasteiger partial charge is 0.444 e. The molecule has 0 aliphatic rings. The highest BCUT2D eigenvalue weighted by atomic mass is 32.2. The van der Waals surface area contributed by atoms with Crippen molar-refractivity contribution in [3.63, 3.8) is 0 Å². The minimum Gasteiger partial charge on any atom is -0.444 e. The van der Waals surface area contributed by atoms with Gasteiger partial charge in [0.05, 0.1) is 18.4 Å². The van der Waals surface area contributed by atoms with E-state index >= 15 is 0 Å². The first kappa shape index (κ1) is 29.6. The summed E-state index contributed by atoms with van der Waals surface area (Å²) in [6, 6.07) is 14.4. The minimum atomic E-state index is -3.47. The molecule has 0 fully saturated rings. The molecule has 2 unspecified atom stereocenters. The Morgan fingerprint density at radius 3 is 2.31 bits per heavy atom. The molecule has 2 atom stereocenters. The molecule has 36 heavy (non-hydrogen) atoms. The number of ether oxygens (including phenoxy) is 1. The standard InChI is InChI=1S/C27H41N3O5S/c1-7-36(33,34)29-23-14-21(13-22(16-23)19(2)3)17-30(26(32)35-27(4,5)6)18-25(31)24(28)15-20-11-9-8-10-12-20/h8-14,16,19,24-25,29,31H,7,15,17-18,28H2,1-6H3. The van der Waals surface area contributed by atoms with Crippen LogP contribution >= 0.6 is 0 Å². The number of amides is 1. The van der Waals surface area contributed by atoms with Crippen LogP contribution in [-0.4, -0.2) is 54.6 Å². The molecule has 0 spiro atoms. The molecule has 0 heterocycles.